The number of nitrogens with one attached hydrogen (secondary N) is 3. The van der Waals surface area contributed by atoms with Gasteiger partial charge in [0.15, 0.2) is 0 Å². The highest BCUT2D eigenvalue weighted by Gasteiger charge is 2.24. The van der Waals surface area contributed by atoms with Crippen LogP contribution in [-0.4, -0.2) is 33.4 Å². The van der Waals surface area contributed by atoms with E-state index in [4.69, 9.17) is 16.3 Å². The van der Waals surface area contributed by atoms with Gasteiger partial charge in [-0.25, -0.2) is 14.8 Å². The predicted molar refractivity (Wildman–Crippen MR) is 117 cm³/mol. The number of halogens is 1. The number of nitro groups is 1. The van der Waals surface area contributed by atoms with E-state index in [2.05, 4.69) is 26.1 Å². The Morgan fingerprint density at radius 1 is 1.09 bits per heavy atom. The highest BCUT2D eigenvalue weighted by molar-refractivity contribution is 6.33. The van der Waals surface area contributed by atoms with Crippen molar-refractivity contribution in [3.8, 4) is 0 Å². The molecule has 0 spiro atoms. The molecule has 1 aromatic heterocycles. The van der Waals surface area contributed by atoms with Crippen molar-refractivity contribution in [3.05, 3.63) is 81.1 Å². The zero-order chi connectivity index (χ0) is 23.1. The fraction of sp³-hybridized carbons (Fsp3) is 0.100. The molecule has 3 rings (SSSR count). The monoisotopic (exact) mass is 456 g/mol. The summed E-state index contributed by atoms with van der Waals surface area (Å²) in [4.78, 5) is 42.8. The number of carbonyl (C=O) groups excluding carboxylic acids is 2. The average Bonchev–Trinajstić information content (AvgIpc) is 2.78. The Hall–Kier alpha value is -4.25. The van der Waals surface area contributed by atoms with Crippen LogP contribution in [0.2, 0.25) is 5.02 Å². The number of carbonyl (C=O) groups is 2. The van der Waals surface area contributed by atoms with Crippen molar-refractivity contribution in [2.75, 3.05) is 17.3 Å². The van der Waals surface area contributed by atoms with Crippen molar-refractivity contribution < 1.29 is 19.2 Å². The lowest BCUT2D eigenvalue weighted by Crippen LogP contribution is -2.30. The van der Waals surface area contributed by atoms with Gasteiger partial charge in [-0.3, -0.25) is 25.8 Å². The Balaban J connectivity index is 1.79. The molecule has 0 aliphatic rings. The zero-order valence-corrected chi connectivity index (χ0v) is 17.4. The SMILES string of the molecule is CCOC(=O)c1ccc(Nc2ncnc(NNC(=O)c3ccccc3Cl)c2[N+](=O)[O-])cc1. The van der Waals surface area contributed by atoms with Gasteiger partial charge >= 0.3 is 11.7 Å². The summed E-state index contributed by atoms with van der Waals surface area (Å²) in [5.41, 5.74) is 5.21. The number of hydrazine groups is 1. The second-order valence-corrected chi connectivity index (χ2v) is 6.57. The number of hydrogen-bond acceptors (Lipinski definition) is 9. The lowest BCUT2D eigenvalue weighted by atomic mass is 10.2. The average molecular weight is 457 g/mol. The van der Waals surface area contributed by atoms with E-state index in [1.807, 2.05) is 0 Å². The minimum absolute atomic E-state index is 0.122. The van der Waals surface area contributed by atoms with Crippen molar-refractivity contribution in [1.29, 1.82) is 0 Å². The third-order valence-corrected chi connectivity index (χ3v) is 4.41. The molecule has 2 aromatic carbocycles. The number of nitrogens with zero attached hydrogens (tertiary/aromatic N) is 3. The number of esters is 1. The van der Waals surface area contributed by atoms with Crippen molar-refractivity contribution in [3.63, 3.8) is 0 Å². The van der Waals surface area contributed by atoms with Gasteiger partial charge in [-0.05, 0) is 43.3 Å². The number of rotatable bonds is 8. The summed E-state index contributed by atoms with van der Waals surface area (Å²) in [5, 5.41) is 14.7. The predicted octanol–water partition coefficient (Wildman–Crippen LogP) is 3.72. The van der Waals surface area contributed by atoms with E-state index in [9.17, 15) is 19.7 Å². The summed E-state index contributed by atoms with van der Waals surface area (Å²) in [6.07, 6.45) is 1.09. The Morgan fingerprint density at radius 3 is 2.44 bits per heavy atom. The molecule has 12 heteroatoms. The summed E-state index contributed by atoms with van der Waals surface area (Å²) < 4.78 is 4.92. The van der Waals surface area contributed by atoms with Crippen LogP contribution in [0.15, 0.2) is 54.9 Å². The van der Waals surface area contributed by atoms with Crippen LogP contribution in [0.25, 0.3) is 0 Å². The molecular weight excluding hydrogens is 440 g/mol. The molecule has 0 radical (unpaired) electrons. The van der Waals surface area contributed by atoms with Crippen molar-refractivity contribution in [1.82, 2.24) is 15.4 Å². The van der Waals surface area contributed by atoms with Crippen LogP contribution >= 0.6 is 11.6 Å². The molecule has 11 nitrogen and oxygen atoms in total. The molecule has 32 heavy (non-hydrogen) atoms. The largest absolute Gasteiger partial charge is 0.462 e. The van der Waals surface area contributed by atoms with Crippen LogP contribution in [0, 0.1) is 10.1 Å². The van der Waals surface area contributed by atoms with Crippen molar-refractivity contribution >= 4 is 46.5 Å². The molecule has 1 heterocycles. The summed E-state index contributed by atoms with van der Waals surface area (Å²) in [7, 11) is 0. The standard InChI is InChI=1S/C20H17ClN6O5/c1-2-32-20(29)12-7-9-13(10-8-12)24-17-16(27(30)31)18(23-11-22-17)25-26-19(28)14-5-3-4-6-15(14)21/h3-11H,2H2,1H3,(H,26,28)(H2,22,23,24,25). The normalized spacial score (nSPS) is 10.2. The third-order valence-electron chi connectivity index (χ3n) is 4.08. The minimum Gasteiger partial charge on any atom is -0.462 e. The molecule has 1 amide bonds. The summed E-state index contributed by atoms with van der Waals surface area (Å²) in [6, 6.07) is 12.4. The van der Waals surface area contributed by atoms with Crippen LogP contribution in [-0.2, 0) is 4.74 Å². The molecule has 0 atom stereocenters. The first kappa shape index (κ1) is 22.4. The molecule has 0 saturated carbocycles. The van der Waals surface area contributed by atoms with E-state index in [-0.39, 0.29) is 28.8 Å². The van der Waals surface area contributed by atoms with Crippen LogP contribution in [0.1, 0.15) is 27.6 Å². The van der Waals surface area contributed by atoms with Gasteiger partial charge in [0.1, 0.15) is 6.33 Å². The minimum atomic E-state index is -0.695. The molecular formula is C20H17ClN6O5. The fourth-order valence-corrected chi connectivity index (χ4v) is 2.83. The first-order valence-corrected chi connectivity index (χ1v) is 9.63. The quantitative estimate of drug-likeness (QED) is 0.262. The first-order chi connectivity index (χ1) is 15.4. The maximum Gasteiger partial charge on any atom is 0.355 e. The molecule has 0 saturated heterocycles. The molecule has 3 N–H and O–H groups in total. The number of hydrogen-bond donors (Lipinski definition) is 3. The highest BCUT2D eigenvalue weighted by Crippen LogP contribution is 2.31. The number of benzene rings is 2. The lowest BCUT2D eigenvalue weighted by molar-refractivity contribution is -0.383. The molecule has 0 bridgehead atoms. The van der Waals surface area contributed by atoms with Gasteiger partial charge in [0.05, 0.1) is 27.7 Å². The summed E-state index contributed by atoms with van der Waals surface area (Å²) in [5.74, 6) is -1.44. The van der Waals surface area contributed by atoms with Gasteiger partial charge < -0.3 is 10.1 Å². The van der Waals surface area contributed by atoms with E-state index in [0.717, 1.165) is 6.33 Å². The Bertz CT molecular complexity index is 1160. The Labute approximate surface area is 186 Å². The second kappa shape index (κ2) is 10.2. The Kier molecular flexibility index (Phi) is 7.13. The van der Waals surface area contributed by atoms with Crippen LogP contribution < -0.4 is 16.2 Å². The van der Waals surface area contributed by atoms with E-state index in [1.165, 1.54) is 18.2 Å². The van der Waals surface area contributed by atoms with Gasteiger partial charge in [-0.1, -0.05) is 23.7 Å². The van der Waals surface area contributed by atoms with Crippen LogP contribution in [0.5, 0.6) is 0 Å². The number of aromatic nitrogens is 2. The number of amides is 1. The number of anilines is 3. The van der Waals surface area contributed by atoms with Crippen molar-refractivity contribution in [2.45, 2.75) is 6.92 Å². The molecule has 3 aromatic rings. The maximum atomic E-state index is 12.3. The van der Waals surface area contributed by atoms with Crippen LogP contribution in [0.3, 0.4) is 0 Å². The summed E-state index contributed by atoms with van der Waals surface area (Å²) in [6.45, 7) is 1.94. The van der Waals surface area contributed by atoms with Crippen molar-refractivity contribution in [2.24, 2.45) is 0 Å². The van der Waals surface area contributed by atoms with E-state index in [0.29, 0.717) is 11.3 Å². The number of ether oxygens (including phenoxy) is 1. The topological polar surface area (TPSA) is 148 Å². The molecule has 164 valence electrons. The summed E-state index contributed by atoms with van der Waals surface area (Å²) >= 11 is 5.98. The van der Waals surface area contributed by atoms with Gasteiger partial charge in [0.25, 0.3) is 5.91 Å². The molecule has 0 unspecified atom stereocenters. The van der Waals surface area contributed by atoms with Gasteiger partial charge in [0.2, 0.25) is 11.6 Å². The van der Waals surface area contributed by atoms with E-state index in [1.54, 1.807) is 37.3 Å². The fourth-order valence-electron chi connectivity index (χ4n) is 2.60. The zero-order valence-electron chi connectivity index (χ0n) is 16.7. The molecule has 0 aliphatic heterocycles. The lowest BCUT2D eigenvalue weighted by Gasteiger charge is -2.11. The smallest absolute Gasteiger partial charge is 0.355 e. The van der Waals surface area contributed by atoms with Gasteiger partial charge in [-0.2, -0.15) is 0 Å². The van der Waals surface area contributed by atoms with Crippen LogP contribution in [0.4, 0.5) is 23.0 Å². The highest BCUT2D eigenvalue weighted by atomic mass is 35.5. The molecule has 0 aliphatic carbocycles. The maximum absolute atomic E-state index is 12.3. The van der Waals surface area contributed by atoms with E-state index < -0.39 is 22.5 Å². The van der Waals surface area contributed by atoms with E-state index >= 15 is 0 Å². The van der Waals surface area contributed by atoms with Gasteiger partial charge in [0, 0.05) is 5.69 Å². The Morgan fingerprint density at radius 2 is 1.78 bits per heavy atom. The van der Waals surface area contributed by atoms with Gasteiger partial charge in [-0.15, -0.1) is 0 Å². The second-order valence-electron chi connectivity index (χ2n) is 6.16. The first-order valence-electron chi connectivity index (χ1n) is 9.25. The third kappa shape index (κ3) is 5.26. The molecule has 0 fully saturated rings.